The standard InChI is InChI=1S/C9H19O/c1-3-5-6-7-8-9(10)4-2/h9-10H,1,3-8H2,2H3. The van der Waals surface area contributed by atoms with Crippen molar-refractivity contribution in [3.63, 3.8) is 0 Å². The van der Waals surface area contributed by atoms with Gasteiger partial charge in [0.1, 0.15) is 0 Å². The summed E-state index contributed by atoms with van der Waals surface area (Å²) in [5, 5.41) is 9.14. The molecular weight excluding hydrogens is 124 g/mol. The van der Waals surface area contributed by atoms with Gasteiger partial charge in [-0.25, -0.2) is 0 Å². The molecule has 1 N–H and O–H groups in total. The first-order valence-electron chi connectivity index (χ1n) is 4.28. The maximum absolute atomic E-state index is 9.14. The van der Waals surface area contributed by atoms with E-state index in [0.717, 1.165) is 25.7 Å². The lowest BCUT2D eigenvalue weighted by Crippen LogP contribution is -2.03. The second-order valence-corrected chi connectivity index (χ2v) is 2.76. The zero-order chi connectivity index (χ0) is 7.82. The van der Waals surface area contributed by atoms with Crippen molar-refractivity contribution >= 4 is 0 Å². The Morgan fingerprint density at radius 3 is 2.50 bits per heavy atom. The van der Waals surface area contributed by atoms with Crippen LogP contribution in [-0.4, -0.2) is 11.2 Å². The minimum absolute atomic E-state index is 0.0650. The molecule has 0 heterocycles. The van der Waals surface area contributed by atoms with E-state index in [1.807, 2.05) is 6.92 Å². The fourth-order valence-corrected chi connectivity index (χ4v) is 0.938. The molecule has 10 heavy (non-hydrogen) atoms. The molecular formula is C9H19O. The SMILES string of the molecule is [CH2]CCCCCC(O)CC. The van der Waals surface area contributed by atoms with Crippen LogP contribution in [0.15, 0.2) is 0 Å². The first kappa shape index (κ1) is 9.96. The summed E-state index contributed by atoms with van der Waals surface area (Å²) in [5.41, 5.74) is 0. The van der Waals surface area contributed by atoms with E-state index in [2.05, 4.69) is 6.92 Å². The average molecular weight is 143 g/mol. The normalized spacial score (nSPS) is 13.5. The van der Waals surface area contributed by atoms with Crippen LogP contribution < -0.4 is 0 Å². The van der Waals surface area contributed by atoms with Gasteiger partial charge in [0.05, 0.1) is 6.10 Å². The quantitative estimate of drug-likeness (QED) is 0.566. The van der Waals surface area contributed by atoms with Crippen molar-refractivity contribution in [2.24, 2.45) is 0 Å². The topological polar surface area (TPSA) is 20.2 Å². The van der Waals surface area contributed by atoms with E-state index in [9.17, 15) is 0 Å². The molecule has 0 aliphatic carbocycles. The van der Waals surface area contributed by atoms with Crippen LogP contribution in [0, 0.1) is 6.92 Å². The number of aliphatic hydroxyl groups is 1. The Morgan fingerprint density at radius 2 is 2.00 bits per heavy atom. The molecule has 0 bridgehead atoms. The number of unbranched alkanes of at least 4 members (excludes halogenated alkanes) is 3. The molecule has 61 valence electrons. The third-order valence-corrected chi connectivity index (χ3v) is 1.76. The average Bonchev–Trinajstić information content (AvgIpc) is 1.98. The van der Waals surface area contributed by atoms with Gasteiger partial charge in [0, 0.05) is 0 Å². The second-order valence-electron chi connectivity index (χ2n) is 2.76. The molecule has 1 unspecified atom stereocenters. The zero-order valence-electron chi connectivity index (χ0n) is 6.97. The van der Waals surface area contributed by atoms with Crippen molar-refractivity contribution in [1.29, 1.82) is 0 Å². The fourth-order valence-electron chi connectivity index (χ4n) is 0.938. The molecule has 0 amide bonds. The van der Waals surface area contributed by atoms with Gasteiger partial charge in [-0.05, 0) is 12.8 Å². The summed E-state index contributed by atoms with van der Waals surface area (Å²) in [4.78, 5) is 0. The Bertz CT molecular complexity index is 61.7. The van der Waals surface area contributed by atoms with Crippen molar-refractivity contribution in [1.82, 2.24) is 0 Å². The van der Waals surface area contributed by atoms with E-state index in [1.54, 1.807) is 0 Å². The number of aliphatic hydroxyl groups excluding tert-OH is 1. The highest BCUT2D eigenvalue weighted by Crippen LogP contribution is 2.06. The highest BCUT2D eigenvalue weighted by Gasteiger charge is 1.98. The summed E-state index contributed by atoms with van der Waals surface area (Å²) in [6.45, 7) is 5.78. The van der Waals surface area contributed by atoms with E-state index in [4.69, 9.17) is 5.11 Å². The van der Waals surface area contributed by atoms with Crippen LogP contribution in [0.3, 0.4) is 0 Å². The van der Waals surface area contributed by atoms with Gasteiger partial charge in [0.25, 0.3) is 0 Å². The maximum atomic E-state index is 9.14. The number of hydrogen-bond donors (Lipinski definition) is 1. The first-order valence-corrected chi connectivity index (χ1v) is 4.28. The fraction of sp³-hybridized carbons (Fsp3) is 0.889. The molecule has 0 rings (SSSR count). The summed E-state index contributed by atoms with van der Waals surface area (Å²) in [6, 6.07) is 0. The minimum Gasteiger partial charge on any atom is -0.393 e. The van der Waals surface area contributed by atoms with Crippen LogP contribution in [0.4, 0.5) is 0 Å². The van der Waals surface area contributed by atoms with Gasteiger partial charge in [0.2, 0.25) is 0 Å². The van der Waals surface area contributed by atoms with Crippen molar-refractivity contribution in [2.75, 3.05) is 0 Å². The molecule has 1 nitrogen and oxygen atoms in total. The molecule has 1 heteroatoms. The zero-order valence-corrected chi connectivity index (χ0v) is 6.97. The van der Waals surface area contributed by atoms with Crippen molar-refractivity contribution in [3.8, 4) is 0 Å². The lowest BCUT2D eigenvalue weighted by molar-refractivity contribution is 0.156. The molecule has 0 aromatic rings. The van der Waals surface area contributed by atoms with Crippen LogP contribution in [-0.2, 0) is 0 Å². The smallest absolute Gasteiger partial charge is 0.0537 e. The molecule has 0 saturated carbocycles. The molecule has 0 aliphatic rings. The summed E-state index contributed by atoms with van der Waals surface area (Å²) in [6.07, 6.45) is 6.41. The second kappa shape index (κ2) is 7.07. The minimum atomic E-state index is -0.0650. The molecule has 0 aromatic heterocycles. The van der Waals surface area contributed by atoms with Crippen LogP contribution in [0.1, 0.15) is 45.4 Å². The van der Waals surface area contributed by atoms with Crippen LogP contribution in [0.2, 0.25) is 0 Å². The molecule has 0 fully saturated rings. The molecule has 0 spiro atoms. The summed E-state index contributed by atoms with van der Waals surface area (Å²) in [7, 11) is 0. The van der Waals surface area contributed by atoms with Gasteiger partial charge in [-0.15, -0.1) is 0 Å². The predicted molar refractivity (Wildman–Crippen MR) is 44.7 cm³/mol. The van der Waals surface area contributed by atoms with Gasteiger partial charge in [-0.1, -0.05) is 39.5 Å². The Kier molecular flexibility index (Phi) is 7.04. The van der Waals surface area contributed by atoms with Gasteiger partial charge < -0.3 is 5.11 Å². The molecule has 1 radical (unpaired) electrons. The number of hydrogen-bond acceptors (Lipinski definition) is 1. The van der Waals surface area contributed by atoms with Gasteiger partial charge in [-0.3, -0.25) is 0 Å². The van der Waals surface area contributed by atoms with Gasteiger partial charge >= 0.3 is 0 Å². The lowest BCUT2D eigenvalue weighted by Gasteiger charge is -2.05. The van der Waals surface area contributed by atoms with E-state index >= 15 is 0 Å². The van der Waals surface area contributed by atoms with E-state index in [0.29, 0.717) is 0 Å². The summed E-state index contributed by atoms with van der Waals surface area (Å²) in [5.74, 6) is 0. The lowest BCUT2D eigenvalue weighted by atomic mass is 10.1. The highest BCUT2D eigenvalue weighted by molar-refractivity contribution is 4.52. The third-order valence-electron chi connectivity index (χ3n) is 1.76. The van der Waals surface area contributed by atoms with Crippen molar-refractivity contribution in [2.45, 2.75) is 51.6 Å². The molecule has 1 atom stereocenters. The maximum Gasteiger partial charge on any atom is 0.0537 e. The Morgan fingerprint density at radius 1 is 1.30 bits per heavy atom. The third kappa shape index (κ3) is 6.09. The van der Waals surface area contributed by atoms with Crippen LogP contribution in [0.5, 0.6) is 0 Å². The monoisotopic (exact) mass is 143 g/mol. The molecule has 0 saturated heterocycles. The summed E-state index contributed by atoms with van der Waals surface area (Å²) >= 11 is 0. The largest absolute Gasteiger partial charge is 0.393 e. The van der Waals surface area contributed by atoms with Crippen LogP contribution in [0.25, 0.3) is 0 Å². The van der Waals surface area contributed by atoms with Crippen molar-refractivity contribution < 1.29 is 5.11 Å². The Hall–Kier alpha value is -0.0400. The summed E-state index contributed by atoms with van der Waals surface area (Å²) < 4.78 is 0. The number of rotatable bonds is 6. The highest BCUT2D eigenvalue weighted by atomic mass is 16.3. The van der Waals surface area contributed by atoms with E-state index in [1.165, 1.54) is 12.8 Å². The first-order chi connectivity index (χ1) is 4.81. The molecule has 0 aliphatic heterocycles. The van der Waals surface area contributed by atoms with Crippen molar-refractivity contribution in [3.05, 3.63) is 6.92 Å². The molecule has 0 aromatic carbocycles. The predicted octanol–water partition coefficient (Wildman–Crippen LogP) is 2.54. The van der Waals surface area contributed by atoms with E-state index < -0.39 is 0 Å². The Labute approximate surface area is 64.5 Å². The van der Waals surface area contributed by atoms with Gasteiger partial charge in [0.15, 0.2) is 0 Å². The van der Waals surface area contributed by atoms with Gasteiger partial charge in [-0.2, -0.15) is 0 Å². The van der Waals surface area contributed by atoms with Crippen LogP contribution >= 0.6 is 0 Å². The van der Waals surface area contributed by atoms with E-state index in [-0.39, 0.29) is 6.10 Å². The Balaban J connectivity index is 2.89.